The first-order valence-electron chi connectivity index (χ1n) is 13.1. The summed E-state index contributed by atoms with van der Waals surface area (Å²) in [5.41, 5.74) is 0. The van der Waals surface area contributed by atoms with Gasteiger partial charge in [-0.2, -0.15) is 0 Å². The molecule has 0 atom stereocenters. The van der Waals surface area contributed by atoms with E-state index >= 15 is 0 Å². The van der Waals surface area contributed by atoms with Crippen molar-refractivity contribution in [1.82, 2.24) is 0 Å². The molecule has 0 fully saturated rings. The van der Waals surface area contributed by atoms with E-state index in [2.05, 4.69) is 0 Å². The molecule has 0 rings (SSSR count). The summed E-state index contributed by atoms with van der Waals surface area (Å²) < 4.78 is 53.6. The van der Waals surface area contributed by atoms with Gasteiger partial charge in [0.05, 0.1) is 118 Å². The molecular weight excluding hydrogens is 476 g/mol. The summed E-state index contributed by atoms with van der Waals surface area (Å²) in [5, 5.41) is 0. The Morgan fingerprint density at radius 1 is 0.472 bits per heavy atom. The lowest BCUT2D eigenvalue weighted by molar-refractivity contribution is -0.145. The Kier molecular flexibility index (Phi) is 29.6. The van der Waals surface area contributed by atoms with Crippen LogP contribution in [-0.4, -0.2) is 131 Å². The first-order valence-corrected chi connectivity index (χ1v) is 13.1. The number of rotatable bonds is 30. The number of ether oxygens (including phenoxy) is 10. The van der Waals surface area contributed by atoms with Gasteiger partial charge >= 0.3 is 5.97 Å². The third-order valence-electron chi connectivity index (χ3n) is 4.23. The van der Waals surface area contributed by atoms with Crippen LogP contribution in [-0.2, 0) is 52.2 Å². The van der Waals surface area contributed by atoms with Crippen LogP contribution >= 0.6 is 0 Å². The van der Waals surface area contributed by atoms with Crippen molar-refractivity contribution in [3.05, 3.63) is 0 Å². The lowest BCUT2D eigenvalue weighted by Crippen LogP contribution is -2.15. The fourth-order valence-corrected chi connectivity index (χ4v) is 2.47. The lowest BCUT2D eigenvalue weighted by atomic mass is 10.3. The number of carbonyl (C=O) groups excluding carboxylic acids is 1. The van der Waals surface area contributed by atoms with E-state index in [1.54, 1.807) is 0 Å². The Hall–Kier alpha value is -0.890. The van der Waals surface area contributed by atoms with Gasteiger partial charge in [-0.1, -0.05) is 6.92 Å². The quantitative estimate of drug-likeness (QED) is 0.101. The molecule has 0 aromatic heterocycles. The van der Waals surface area contributed by atoms with Crippen molar-refractivity contribution >= 4 is 5.97 Å². The molecule has 11 nitrogen and oxygen atoms in total. The highest BCUT2D eigenvalue weighted by molar-refractivity contribution is 5.69. The fourth-order valence-electron chi connectivity index (χ4n) is 2.47. The highest BCUT2D eigenvalue weighted by atomic mass is 16.6. The van der Waals surface area contributed by atoms with Crippen molar-refractivity contribution in [2.45, 2.75) is 39.7 Å². The van der Waals surface area contributed by atoms with E-state index in [0.29, 0.717) is 119 Å². The first kappa shape index (κ1) is 35.1. The van der Waals surface area contributed by atoms with Crippen LogP contribution in [0.15, 0.2) is 0 Å². The number of hydrogen-bond acceptors (Lipinski definition) is 11. The highest BCUT2D eigenvalue weighted by Crippen LogP contribution is 1.91. The lowest BCUT2D eigenvalue weighted by Gasteiger charge is -2.09. The standard InChI is InChI=1S/C25H50O11/c1-4-5-25(26)36-23-21-34-19-17-32-15-13-30-11-9-28-7-6-27-8-10-29-12-14-31-16-18-33-20-22-35-24(2)3/h24H,4-23H2,1-3H3. The maximum atomic E-state index is 11.2. The predicted molar refractivity (Wildman–Crippen MR) is 134 cm³/mol. The van der Waals surface area contributed by atoms with E-state index in [4.69, 9.17) is 47.4 Å². The molecule has 0 aliphatic carbocycles. The molecule has 0 saturated carbocycles. The van der Waals surface area contributed by atoms with Gasteiger partial charge in [0.15, 0.2) is 0 Å². The van der Waals surface area contributed by atoms with Crippen LogP contribution in [0, 0.1) is 0 Å². The van der Waals surface area contributed by atoms with Gasteiger partial charge in [0.25, 0.3) is 0 Å². The molecule has 0 N–H and O–H groups in total. The molecule has 11 heteroatoms. The van der Waals surface area contributed by atoms with E-state index in [1.807, 2.05) is 20.8 Å². The third-order valence-corrected chi connectivity index (χ3v) is 4.23. The summed E-state index contributed by atoms with van der Waals surface area (Å²) in [6, 6.07) is 0. The van der Waals surface area contributed by atoms with Gasteiger partial charge in [0, 0.05) is 6.42 Å². The normalized spacial score (nSPS) is 11.4. The van der Waals surface area contributed by atoms with Crippen molar-refractivity contribution < 1.29 is 52.2 Å². The Bertz CT molecular complexity index is 438. The van der Waals surface area contributed by atoms with Crippen LogP contribution in [0.25, 0.3) is 0 Å². The summed E-state index contributed by atoms with van der Waals surface area (Å²) in [6.07, 6.45) is 1.47. The zero-order valence-electron chi connectivity index (χ0n) is 22.7. The molecule has 0 unspecified atom stereocenters. The van der Waals surface area contributed by atoms with Crippen molar-refractivity contribution in [1.29, 1.82) is 0 Å². The molecule has 0 bridgehead atoms. The number of carbonyl (C=O) groups is 1. The van der Waals surface area contributed by atoms with E-state index in [1.165, 1.54) is 0 Å². The molecule has 0 aliphatic heterocycles. The highest BCUT2D eigenvalue weighted by Gasteiger charge is 2.00. The van der Waals surface area contributed by atoms with E-state index in [0.717, 1.165) is 6.42 Å². The molecule has 36 heavy (non-hydrogen) atoms. The molecule has 0 heterocycles. The second kappa shape index (κ2) is 30.3. The van der Waals surface area contributed by atoms with Crippen molar-refractivity contribution in [3.8, 4) is 0 Å². The van der Waals surface area contributed by atoms with Gasteiger partial charge in [-0.05, 0) is 20.3 Å². The smallest absolute Gasteiger partial charge is 0.305 e. The van der Waals surface area contributed by atoms with Gasteiger partial charge in [0.2, 0.25) is 0 Å². The fraction of sp³-hybridized carbons (Fsp3) is 0.960. The Morgan fingerprint density at radius 3 is 1.03 bits per heavy atom. The average molecular weight is 527 g/mol. The maximum Gasteiger partial charge on any atom is 0.305 e. The minimum absolute atomic E-state index is 0.185. The van der Waals surface area contributed by atoms with Crippen LogP contribution in [0.1, 0.15) is 33.6 Å². The average Bonchev–Trinajstić information content (AvgIpc) is 2.85. The molecule has 0 saturated heterocycles. The third kappa shape index (κ3) is 31.1. The van der Waals surface area contributed by atoms with Gasteiger partial charge < -0.3 is 47.4 Å². The molecule has 0 spiro atoms. The zero-order valence-corrected chi connectivity index (χ0v) is 22.7. The summed E-state index contributed by atoms with van der Waals surface area (Å²) >= 11 is 0. The monoisotopic (exact) mass is 526 g/mol. The predicted octanol–water partition coefficient (Wildman–Crippen LogP) is 1.89. The van der Waals surface area contributed by atoms with Crippen LogP contribution < -0.4 is 0 Å². The molecule has 0 amide bonds. The minimum atomic E-state index is -0.185. The molecule has 0 aromatic carbocycles. The summed E-state index contributed by atoms with van der Waals surface area (Å²) in [7, 11) is 0. The molecule has 0 aliphatic rings. The number of esters is 1. The van der Waals surface area contributed by atoms with E-state index in [9.17, 15) is 4.79 Å². The summed E-state index contributed by atoms with van der Waals surface area (Å²) in [5.74, 6) is -0.185. The largest absolute Gasteiger partial charge is 0.463 e. The van der Waals surface area contributed by atoms with Gasteiger partial charge in [0.1, 0.15) is 6.61 Å². The molecule has 0 aromatic rings. The first-order chi connectivity index (χ1) is 17.7. The Morgan fingerprint density at radius 2 is 0.750 bits per heavy atom. The molecular formula is C25H50O11. The SMILES string of the molecule is CCCC(=O)OCCOCCOCCOCCOCCOCCOCCOCCOCCOC(C)C. The van der Waals surface area contributed by atoms with Crippen LogP contribution in [0.4, 0.5) is 0 Å². The van der Waals surface area contributed by atoms with Crippen LogP contribution in [0.5, 0.6) is 0 Å². The molecule has 0 radical (unpaired) electrons. The second-order valence-corrected chi connectivity index (χ2v) is 7.79. The minimum Gasteiger partial charge on any atom is -0.463 e. The van der Waals surface area contributed by atoms with Gasteiger partial charge in [-0.3, -0.25) is 4.79 Å². The van der Waals surface area contributed by atoms with Crippen LogP contribution in [0.2, 0.25) is 0 Å². The van der Waals surface area contributed by atoms with Crippen molar-refractivity contribution in [2.75, 3.05) is 119 Å². The summed E-state index contributed by atoms with van der Waals surface area (Å²) in [4.78, 5) is 11.2. The Labute approximate surface area is 217 Å². The van der Waals surface area contributed by atoms with E-state index < -0.39 is 0 Å². The van der Waals surface area contributed by atoms with Gasteiger partial charge in [-0.15, -0.1) is 0 Å². The summed E-state index contributed by atoms with van der Waals surface area (Å²) in [6.45, 7) is 14.9. The van der Waals surface area contributed by atoms with E-state index in [-0.39, 0.29) is 18.7 Å². The zero-order chi connectivity index (χ0) is 26.4. The topological polar surface area (TPSA) is 109 Å². The van der Waals surface area contributed by atoms with Crippen molar-refractivity contribution in [3.63, 3.8) is 0 Å². The van der Waals surface area contributed by atoms with Gasteiger partial charge in [-0.25, -0.2) is 0 Å². The molecule has 216 valence electrons. The van der Waals surface area contributed by atoms with Crippen LogP contribution in [0.3, 0.4) is 0 Å². The Balaban J connectivity index is 3.05. The second-order valence-electron chi connectivity index (χ2n) is 7.79. The maximum absolute atomic E-state index is 11.2. The number of hydrogen-bond donors (Lipinski definition) is 0. The van der Waals surface area contributed by atoms with Crippen molar-refractivity contribution in [2.24, 2.45) is 0 Å².